The lowest BCUT2D eigenvalue weighted by atomic mass is 9.78. The minimum atomic E-state index is -0.474. The minimum Gasteiger partial charge on any atom is -0.444 e. The molecule has 138 valence electrons. The quantitative estimate of drug-likeness (QED) is 0.914. The highest BCUT2D eigenvalue weighted by atomic mass is 16.6. The molecule has 0 bridgehead atoms. The van der Waals surface area contributed by atoms with Crippen molar-refractivity contribution < 1.29 is 14.6 Å². The molecule has 1 amide bonds. The van der Waals surface area contributed by atoms with Gasteiger partial charge in [0.2, 0.25) is 0 Å². The van der Waals surface area contributed by atoms with Crippen molar-refractivity contribution in [3.05, 3.63) is 35.9 Å². The van der Waals surface area contributed by atoms with Crippen LogP contribution in [0.4, 0.5) is 4.79 Å². The van der Waals surface area contributed by atoms with Gasteiger partial charge in [-0.2, -0.15) is 0 Å². The zero-order chi connectivity index (χ0) is 18.1. The van der Waals surface area contributed by atoms with Gasteiger partial charge < -0.3 is 14.7 Å². The van der Waals surface area contributed by atoms with E-state index in [-0.39, 0.29) is 24.0 Å². The van der Waals surface area contributed by atoms with Crippen LogP contribution in [0.25, 0.3) is 0 Å². The van der Waals surface area contributed by atoms with Crippen LogP contribution in [0.2, 0.25) is 0 Å². The highest BCUT2D eigenvalue weighted by Crippen LogP contribution is 2.44. The number of aliphatic hydroxyl groups excluding tert-OH is 1. The molecule has 2 heterocycles. The maximum Gasteiger partial charge on any atom is 0.410 e. The molecule has 2 aliphatic rings. The number of rotatable bonds is 3. The topological polar surface area (TPSA) is 53.0 Å². The summed E-state index contributed by atoms with van der Waals surface area (Å²) in [5, 5.41) is 9.93. The fourth-order valence-corrected chi connectivity index (χ4v) is 4.20. The molecule has 0 aromatic heterocycles. The van der Waals surface area contributed by atoms with E-state index in [1.54, 1.807) is 0 Å². The Bertz CT molecular complexity index is 599. The fourth-order valence-electron chi connectivity index (χ4n) is 4.20. The monoisotopic (exact) mass is 346 g/mol. The number of carbonyl (C=O) groups is 1. The van der Waals surface area contributed by atoms with Gasteiger partial charge in [-0.25, -0.2) is 4.79 Å². The predicted octanol–water partition coefficient (Wildman–Crippen LogP) is 2.74. The summed E-state index contributed by atoms with van der Waals surface area (Å²) in [6.45, 7) is 9.95. The van der Waals surface area contributed by atoms with Crippen LogP contribution in [0.5, 0.6) is 0 Å². The van der Waals surface area contributed by atoms with Crippen LogP contribution >= 0.6 is 0 Å². The zero-order valence-corrected chi connectivity index (χ0v) is 15.6. The lowest BCUT2D eigenvalue weighted by Crippen LogP contribution is -2.40. The number of ether oxygens (including phenoxy) is 1. The lowest BCUT2D eigenvalue weighted by molar-refractivity contribution is 0.0256. The first kappa shape index (κ1) is 18.2. The summed E-state index contributed by atoms with van der Waals surface area (Å²) in [5.41, 5.74) is 0.803. The smallest absolute Gasteiger partial charge is 0.410 e. The SMILES string of the molecule is CC(C)(C)OC(=O)N1CCC2(CN(Cc3ccccc3)CC2CO)C1. The Morgan fingerprint density at radius 3 is 2.64 bits per heavy atom. The molecule has 2 fully saturated rings. The third-order valence-electron chi connectivity index (χ3n) is 5.39. The first-order chi connectivity index (χ1) is 11.8. The molecule has 1 aromatic rings. The second-order valence-corrected chi connectivity index (χ2v) is 8.55. The third kappa shape index (κ3) is 4.15. The van der Waals surface area contributed by atoms with Gasteiger partial charge in [0.1, 0.15) is 5.60 Å². The molecule has 0 aliphatic carbocycles. The molecule has 5 heteroatoms. The molecule has 0 saturated carbocycles. The molecule has 3 rings (SSSR count). The molecule has 5 nitrogen and oxygen atoms in total. The largest absolute Gasteiger partial charge is 0.444 e. The van der Waals surface area contributed by atoms with E-state index in [0.29, 0.717) is 13.1 Å². The summed E-state index contributed by atoms with van der Waals surface area (Å²) in [5.74, 6) is 0.212. The Labute approximate surface area is 150 Å². The number of aliphatic hydroxyl groups is 1. The summed E-state index contributed by atoms with van der Waals surface area (Å²) in [6.07, 6.45) is 0.700. The van der Waals surface area contributed by atoms with Crippen LogP contribution in [0, 0.1) is 11.3 Å². The molecule has 2 aliphatic heterocycles. The molecular formula is C20H30N2O3. The molecule has 0 radical (unpaired) electrons. The Morgan fingerprint density at radius 2 is 2.00 bits per heavy atom. The van der Waals surface area contributed by atoms with E-state index < -0.39 is 5.60 Å². The Kier molecular flexibility index (Phi) is 5.07. The number of nitrogens with zero attached hydrogens (tertiary/aromatic N) is 2. The van der Waals surface area contributed by atoms with Crippen molar-refractivity contribution in [1.82, 2.24) is 9.80 Å². The number of likely N-dealkylation sites (tertiary alicyclic amines) is 2. The van der Waals surface area contributed by atoms with E-state index in [9.17, 15) is 9.90 Å². The Morgan fingerprint density at radius 1 is 1.28 bits per heavy atom. The first-order valence-corrected chi connectivity index (χ1v) is 9.16. The van der Waals surface area contributed by atoms with E-state index in [0.717, 1.165) is 26.1 Å². The molecule has 1 N–H and O–H groups in total. The highest BCUT2D eigenvalue weighted by Gasteiger charge is 2.51. The van der Waals surface area contributed by atoms with Gasteiger partial charge in [0.05, 0.1) is 0 Å². The van der Waals surface area contributed by atoms with Crippen LogP contribution in [0.3, 0.4) is 0 Å². The number of amides is 1. The van der Waals surface area contributed by atoms with E-state index in [1.165, 1.54) is 5.56 Å². The van der Waals surface area contributed by atoms with Crippen LogP contribution in [-0.2, 0) is 11.3 Å². The van der Waals surface area contributed by atoms with Crippen LogP contribution < -0.4 is 0 Å². The van der Waals surface area contributed by atoms with E-state index in [1.807, 2.05) is 31.7 Å². The van der Waals surface area contributed by atoms with Crippen molar-refractivity contribution in [2.75, 3.05) is 32.8 Å². The molecule has 25 heavy (non-hydrogen) atoms. The molecule has 2 saturated heterocycles. The van der Waals surface area contributed by atoms with Crippen molar-refractivity contribution in [2.24, 2.45) is 11.3 Å². The van der Waals surface area contributed by atoms with E-state index in [2.05, 4.69) is 29.2 Å². The average molecular weight is 346 g/mol. The first-order valence-electron chi connectivity index (χ1n) is 9.16. The zero-order valence-electron chi connectivity index (χ0n) is 15.6. The summed E-state index contributed by atoms with van der Waals surface area (Å²) >= 11 is 0. The van der Waals surface area contributed by atoms with Crippen LogP contribution in [0.1, 0.15) is 32.8 Å². The number of benzene rings is 1. The summed E-state index contributed by atoms with van der Waals surface area (Å²) in [7, 11) is 0. The maximum absolute atomic E-state index is 12.4. The molecule has 2 atom stereocenters. The summed E-state index contributed by atoms with van der Waals surface area (Å²) < 4.78 is 5.53. The molecule has 2 unspecified atom stereocenters. The standard InChI is InChI=1S/C20H30N2O3/c1-19(2,3)25-18(24)22-10-9-20(15-22)14-21(12-17(20)13-23)11-16-7-5-4-6-8-16/h4-8,17,23H,9-15H2,1-3H3. The second-order valence-electron chi connectivity index (χ2n) is 8.55. The van der Waals surface area contributed by atoms with Gasteiger partial charge in [-0.1, -0.05) is 30.3 Å². The Balaban J connectivity index is 1.65. The van der Waals surface area contributed by atoms with Gasteiger partial charge in [0.15, 0.2) is 0 Å². The number of carbonyl (C=O) groups excluding carboxylic acids is 1. The van der Waals surface area contributed by atoms with Gasteiger partial charge in [-0.15, -0.1) is 0 Å². The molecule has 1 aromatic carbocycles. The van der Waals surface area contributed by atoms with Crippen molar-refractivity contribution >= 4 is 6.09 Å². The van der Waals surface area contributed by atoms with Crippen LogP contribution in [-0.4, -0.2) is 59.4 Å². The molecular weight excluding hydrogens is 316 g/mol. The van der Waals surface area contributed by atoms with E-state index in [4.69, 9.17) is 4.74 Å². The lowest BCUT2D eigenvalue weighted by Gasteiger charge is -2.30. The number of hydrogen-bond donors (Lipinski definition) is 1. The normalized spacial score (nSPS) is 27.2. The summed E-state index contributed by atoms with van der Waals surface area (Å²) in [4.78, 5) is 16.6. The van der Waals surface area contributed by atoms with Crippen molar-refractivity contribution in [3.8, 4) is 0 Å². The van der Waals surface area contributed by atoms with Crippen molar-refractivity contribution in [3.63, 3.8) is 0 Å². The van der Waals surface area contributed by atoms with Crippen molar-refractivity contribution in [2.45, 2.75) is 39.3 Å². The minimum absolute atomic E-state index is 0.0135. The van der Waals surface area contributed by atoms with Crippen LogP contribution in [0.15, 0.2) is 30.3 Å². The summed E-state index contributed by atoms with van der Waals surface area (Å²) in [6, 6.07) is 10.4. The predicted molar refractivity (Wildman–Crippen MR) is 97.2 cm³/mol. The highest BCUT2D eigenvalue weighted by molar-refractivity contribution is 5.68. The van der Waals surface area contributed by atoms with Gasteiger partial charge in [0.25, 0.3) is 0 Å². The van der Waals surface area contributed by atoms with Gasteiger partial charge >= 0.3 is 6.09 Å². The van der Waals surface area contributed by atoms with Gasteiger partial charge in [0, 0.05) is 50.7 Å². The fraction of sp³-hybridized carbons (Fsp3) is 0.650. The van der Waals surface area contributed by atoms with Crippen molar-refractivity contribution in [1.29, 1.82) is 0 Å². The maximum atomic E-state index is 12.4. The third-order valence-corrected chi connectivity index (χ3v) is 5.39. The van der Waals surface area contributed by atoms with Gasteiger partial charge in [-0.3, -0.25) is 4.90 Å². The Hall–Kier alpha value is -1.59. The average Bonchev–Trinajstić information content (AvgIpc) is 3.11. The van der Waals surface area contributed by atoms with Gasteiger partial charge in [-0.05, 0) is 32.8 Å². The van der Waals surface area contributed by atoms with E-state index >= 15 is 0 Å². The number of hydrogen-bond acceptors (Lipinski definition) is 4. The molecule has 1 spiro atoms. The second kappa shape index (κ2) is 6.96.